The average Bonchev–Trinajstić information content (AvgIpc) is 3.09. The van der Waals surface area contributed by atoms with Gasteiger partial charge in [-0.25, -0.2) is 19.4 Å². The van der Waals surface area contributed by atoms with Crippen molar-refractivity contribution in [2.75, 3.05) is 19.0 Å². The number of anilines is 1. The lowest BCUT2D eigenvalue weighted by Crippen LogP contribution is -2.43. The number of benzene rings is 1. The van der Waals surface area contributed by atoms with Crippen LogP contribution in [0.15, 0.2) is 48.8 Å². The van der Waals surface area contributed by atoms with Gasteiger partial charge in [0.25, 0.3) is 0 Å². The molecule has 0 aliphatic heterocycles. The Labute approximate surface area is 159 Å². The van der Waals surface area contributed by atoms with E-state index in [2.05, 4.69) is 10.3 Å². The summed E-state index contributed by atoms with van der Waals surface area (Å²) in [6, 6.07) is 8.36. The molecule has 0 unspecified atom stereocenters. The van der Waals surface area contributed by atoms with E-state index in [9.17, 15) is 14.4 Å². The molecule has 10 heteroatoms. The molecular formula is C18H18N6O4. The summed E-state index contributed by atoms with van der Waals surface area (Å²) in [5, 5.41) is 5.35. The lowest BCUT2D eigenvalue weighted by molar-refractivity contribution is 0.235. The first-order valence-electron chi connectivity index (χ1n) is 8.20. The van der Waals surface area contributed by atoms with Gasteiger partial charge in [0.05, 0.1) is 5.52 Å². The van der Waals surface area contributed by atoms with Gasteiger partial charge in [0, 0.05) is 37.9 Å². The fourth-order valence-electron chi connectivity index (χ4n) is 2.56. The highest BCUT2D eigenvalue weighted by Gasteiger charge is 2.14. The molecule has 0 radical (unpaired) electrons. The molecule has 3 rings (SSSR count). The summed E-state index contributed by atoms with van der Waals surface area (Å²) in [6.07, 6.45) is 3.14. The van der Waals surface area contributed by atoms with Crippen LogP contribution in [0.3, 0.4) is 0 Å². The van der Waals surface area contributed by atoms with Crippen LogP contribution in [0.2, 0.25) is 0 Å². The Morgan fingerprint density at radius 3 is 2.61 bits per heavy atom. The molecule has 10 nitrogen and oxygen atoms in total. The highest BCUT2D eigenvalue weighted by atomic mass is 16.5. The Balaban J connectivity index is 1.81. The Morgan fingerprint density at radius 1 is 1.14 bits per heavy atom. The number of amides is 5. The number of ether oxygens (including phenoxy) is 1. The third-order valence-electron chi connectivity index (χ3n) is 3.93. The molecule has 28 heavy (non-hydrogen) atoms. The number of nitrogens with zero attached hydrogens (tertiary/aromatic N) is 3. The zero-order valence-corrected chi connectivity index (χ0v) is 15.2. The smallest absolute Gasteiger partial charge is 0.330 e. The van der Waals surface area contributed by atoms with Gasteiger partial charge in [0.15, 0.2) is 0 Å². The molecule has 0 spiro atoms. The summed E-state index contributed by atoms with van der Waals surface area (Å²) in [6.45, 7) is 0. The first kappa shape index (κ1) is 18.7. The normalized spacial score (nSPS) is 10.4. The number of hydrogen-bond acceptors (Lipinski definition) is 5. The van der Waals surface area contributed by atoms with E-state index in [0.717, 1.165) is 15.8 Å². The summed E-state index contributed by atoms with van der Waals surface area (Å²) < 4.78 is 7.33. The molecule has 2 aromatic heterocycles. The van der Waals surface area contributed by atoms with Crippen molar-refractivity contribution in [2.45, 2.75) is 0 Å². The molecule has 1 aromatic carbocycles. The van der Waals surface area contributed by atoms with Crippen molar-refractivity contribution in [1.82, 2.24) is 20.2 Å². The van der Waals surface area contributed by atoms with Crippen molar-refractivity contribution >= 4 is 34.8 Å². The first-order valence-corrected chi connectivity index (χ1v) is 8.20. The predicted molar refractivity (Wildman–Crippen MR) is 103 cm³/mol. The van der Waals surface area contributed by atoms with Gasteiger partial charge in [0.1, 0.15) is 17.3 Å². The topological polar surface area (TPSA) is 132 Å². The molecule has 5 amide bonds. The molecule has 0 saturated heterocycles. The number of urea groups is 2. The van der Waals surface area contributed by atoms with Crippen molar-refractivity contribution in [3.63, 3.8) is 0 Å². The molecule has 0 atom stereocenters. The lowest BCUT2D eigenvalue weighted by Gasteiger charge is -2.16. The SMILES string of the molecule is CNC(=O)n1ccc2cc(Oc3ccnc(N(C)C(=O)NC(N)=O)c3)ccc21. The van der Waals surface area contributed by atoms with Crippen molar-refractivity contribution in [1.29, 1.82) is 0 Å². The number of carbonyl (C=O) groups is 3. The number of hydrogen-bond donors (Lipinski definition) is 3. The van der Waals surface area contributed by atoms with Crippen LogP contribution in [-0.4, -0.2) is 41.7 Å². The number of pyridine rings is 1. The van der Waals surface area contributed by atoms with Crippen molar-refractivity contribution in [2.24, 2.45) is 5.73 Å². The number of nitrogens with one attached hydrogen (secondary N) is 2. The predicted octanol–water partition coefficient (Wildman–Crippen LogP) is 2.24. The van der Waals surface area contributed by atoms with E-state index in [1.807, 2.05) is 5.32 Å². The number of primary amides is 1. The zero-order valence-electron chi connectivity index (χ0n) is 15.2. The Bertz CT molecular complexity index is 1060. The summed E-state index contributed by atoms with van der Waals surface area (Å²) in [4.78, 5) is 39.7. The van der Waals surface area contributed by atoms with Crippen molar-refractivity contribution < 1.29 is 19.1 Å². The molecule has 0 aliphatic carbocycles. The second-order valence-corrected chi connectivity index (χ2v) is 5.77. The van der Waals surface area contributed by atoms with E-state index in [1.165, 1.54) is 17.8 Å². The number of nitrogens with two attached hydrogens (primary N) is 1. The van der Waals surface area contributed by atoms with E-state index in [-0.39, 0.29) is 11.8 Å². The minimum atomic E-state index is -0.957. The van der Waals surface area contributed by atoms with Gasteiger partial charge < -0.3 is 15.8 Å². The second kappa shape index (κ2) is 7.66. The largest absolute Gasteiger partial charge is 0.457 e. The minimum absolute atomic E-state index is 0.236. The van der Waals surface area contributed by atoms with Gasteiger partial charge in [-0.05, 0) is 30.3 Å². The number of imide groups is 1. The molecule has 3 aromatic rings. The Morgan fingerprint density at radius 2 is 1.89 bits per heavy atom. The summed E-state index contributed by atoms with van der Waals surface area (Å²) in [5.74, 6) is 1.25. The molecule has 144 valence electrons. The van der Waals surface area contributed by atoms with Crippen molar-refractivity contribution in [3.05, 3.63) is 48.8 Å². The van der Waals surface area contributed by atoms with Crippen LogP contribution in [-0.2, 0) is 0 Å². The molecule has 0 aliphatic rings. The van der Waals surface area contributed by atoms with Crippen LogP contribution in [0.25, 0.3) is 10.9 Å². The molecular weight excluding hydrogens is 364 g/mol. The van der Waals surface area contributed by atoms with Crippen LogP contribution >= 0.6 is 0 Å². The fourth-order valence-corrected chi connectivity index (χ4v) is 2.56. The highest BCUT2D eigenvalue weighted by molar-refractivity contribution is 6.00. The Hall–Kier alpha value is -4.08. The van der Waals surface area contributed by atoms with E-state index in [0.29, 0.717) is 11.5 Å². The summed E-state index contributed by atoms with van der Waals surface area (Å²) >= 11 is 0. The van der Waals surface area contributed by atoms with E-state index in [4.69, 9.17) is 10.5 Å². The fraction of sp³-hybridized carbons (Fsp3) is 0.111. The van der Waals surface area contributed by atoms with Gasteiger partial charge >= 0.3 is 18.1 Å². The van der Waals surface area contributed by atoms with E-state index in [1.54, 1.807) is 49.6 Å². The zero-order chi connectivity index (χ0) is 20.3. The average molecular weight is 382 g/mol. The molecule has 0 saturated carbocycles. The third-order valence-corrected chi connectivity index (χ3v) is 3.93. The van der Waals surface area contributed by atoms with Gasteiger partial charge in [-0.2, -0.15) is 0 Å². The van der Waals surface area contributed by atoms with Gasteiger partial charge in [-0.3, -0.25) is 14.8 Å². The van der Waals surface area contributed by atoms with Crippen LogP contribution in [0.5, 0.6) is 11.5 Å². The maximum atomic E-state index is 11.9. The van der Waals surface area contributed by atoms with E-state index < -0.39 is 12.1 Å². The highest BCUT2D eigenvalue weighted by Crippen LogP contribution is 2.27. The minimum Gasteiger partial charge on any atom is -0.457 e. The standard InChI is InChI=1S/C18H18N6O4/c1-20-17(26)24-8-6-11-9-12(3-4-14(11)24)28-13-5-7-21-15(10-13)23(2)18(27)22-16(19)25/h3-10H,1-2H3,(H,20,26)(H3,19,22,25,27). The number of rotatable bonds is 3. The van der Waals surface area contributed by atoms with E-state index >= 15 is 0 Å². The third kappa shape index (κ3) is 3.85. The van der Waals surface area contributed by atoms with Crippen molar-refractivity contribution in [3.8, 4) is 11.5 Å². The summed E-state index contributed by atoms with van der Waals surface area (Å²) in [5.41, 5.74) is 5.69. The number of fused-ring (bicyclic) bond motifs is 1. The molecule has 2 heterocycles. The molecule has 4 N–H and O–H groups in total. The maximum absolute atomic E-state index is 11.9. The molecule has 0 fully saturated rings. The molecule has 0 bridgehead atoms. The monoisotopic (exact) mass is 382 g/mol. The number of carbonyl (C=O) groups excluding carboxylic acids is 3. The first-order chi connectivity index (χ1) is 13.4. The summed E-state index contributed by atoms with van der Waals surface area (Å²) in [7, 11) is 3.01. The maximum Gasteiger partial charge on any atom is 0.330 e. The van der Waals surface area contributed by atoms with Crippen LogP contribution < -0.4 is 26.0 Å². The quantitative estimate of drug-likeness (QED) is 0.639. The lowest BCUT2D eigenvalue weighted by atomic mass is 10.2. The van der Waals surface area contributed by atoms with Crippen LogP contribution in [0.1, 0.15) is 0 Å². The number of aromatic nitrogens is 2. The second-order valence-electron chi connectivity index (χ2n) is 5.77. The van der Waals surface area contributed by atoms with Crippen LogP contribution in [0, 0.1) is 0 Å². The van der Waals surface area contributed by atoms with Crippen LogP contribution in [0.4, 0.5) is 20.2 Å². The van der Waals surface area contributed by atoms with Gasteiger partial charge in [-0.15, -0.1) is 0 Å². The van der Waals surface area contributed by atoms with Gasteiger partial charge in [0.2, 0.25) is 0 Å². The van der Waals surface area contributed by atoms with Gasteiger partial charge in [-0.1, -0.05) is 0 Å². The Kier molecular flexibility index (Phi) is 5.12.